The zero-order chi connectivity index (χ0) is 9.14. The van der Waals surface area contributed by atoms with Crippen LogP contribution in [0, 0.1) is 21.4 Å². The predicted molar refractivity (Wildman–Crippen MR) is 42.8 cm³/mol. The summed E-state index contributed by atoms with van der Waals surface area (Å²) >= 11 is 5.51. The molecule has 0 aromatic heterocycles. The molecule has 0 aliphatic heterocycles. The molecule has 5 heteroatoms. The Kier molecular flexibility index (Phi) is 2.26. The zero-order valence-electron chi connectivity index (χ0n) is 5.82. The molecule has 0 saturated carbocycles. The van der Waals surface area contributed by atoms with Gasteiger partial charge in [0.1, 0.15) is 5.02 Å². The molecule has 0 unspecified atom stereocenters. The van der Waals surface area contributed by atoms with Gasteiger partial charge in [0, 0.05) is 6.07 Å². The zero-order valence-corrected chi connectivity index (χ0v) is 6.58. The molecular weight excluding hydrogens is 180 g/mol. The topological polar surface area (TPSA) is 66.9 Å². The van der Waals surface area contributed by atoms with E-state index in [0.29, 0.717) is 5.56 Å². The lowest BCUT2D eigenvalue weighted by Gasteiger charge is -1.93. The van der Waals surface area contributed by atoms with Gasteiger partial charge in [-0.2, -0.15) is 5.26 Å². The van der Waals surface area contributed by atoms with Gasteiger partial charge in [0.2, 0.25) is 0 Å². The van der Waals surface area contributed by atoms with Crippen LogP contribution >= 0.6 is 11.6 Å². The lowest BCUT2D eigenvalue weighted by molar-refractivity contribution is -0.384. The molecule has 0 bridgehead atoms. The second kappa shape index (κ2) is 3.20. The summed E-state index contributed by atoms with van der Waals surface area (Å²) in [5.41, 5.74) is 0.126. The summed E-state index contributed by atoms with van der Waals surface area (Å²) in [4.78, 5) is 9.67. The predicted octanol–water partition coefficient (Wildman–Crippen LogP) is 2.12. The quantitative estimate of drug-likeness (QED) is 0.494. The fourth-order valence-electron chi connectivity index (χ4n) is 0.725. The number of nitro benzene ring substituents is 1. The molecule has 0 saturated heterocycles. The van der Waals surface area contributed by atoms with E-state index in [1.165, 1.54) is 18.2 Å². The Morgan fingerprint density at radius 2 is 2.25 bits per heavy atom. The molecule has 1 aromatic carbocycles. The third-order valence-electron chi connectivity index (χ3n) is 1.27. The van der Waals surface area contributed by atoms with Gasteiger partial charge in [-0.15, -0.1) is 0 Å². The van der Waals surface area contributed by atoms with Crippen LogP contribution in [0.2, 0.25) is 5.02 Å². The molecule has 0 amide bonds. The number of nitriles is 1. The van der Waals surface area contributed by atoms with Crippen LogP contribution in [-0.4, -0.2) is 4.92 Å². The van der Waals surface area contributed by atoms with Crippen molar-refractivity contribution in [2.24, 2.45) is 0 Å². The highest BCUT2D eigenvalue weighted by atomic mass is 35.5. The van der Waals surface area contributed by atoms with Gasteiger partial charge in [-0.05, 0) is 12.1 Å². The molecule has 0 spiro atoms. The van der Waals surface area contributed by atoms with E-state index in [0.717, 1.165) is 0 Å². The number of rotatable bonds is 1. The van der Waals surface area contributed by atoms with E-state index < -0.39 is 4.92 Å². The molecule has 0 heterocycles. The molecule has 0 fully saturated rings. The maximum Gasteiger partial charge on any atom is 0.287 e. The second-order valence-electron chi connectivity index (χ2n) is 2.04. The van der Waals surface area contributed by atoms with Crippen LogP contribution in [0.1, 0.15) is 5.56 Å². The Labute approximate surface area is 73.1 Å². The number of nitro groups is 1. The molecule has 0 aliphatic carbocycles. The maximum absolute atomic E-state index is 10.3. The van der Waals surface area contributed by atoms with E-state index >= 15 is 0 Å². The highest BCUT2D eigenvalue weighted by molar-refractivity contribution is 6.32. The molecule has 4 nitrogen and oxygen atoms in total. The maximum atomic E-state index is 10.3. The summed E-state index contributed by atoms with van der Waals surface area (Å²) in [7, 11) is 0. The normalized spacial score (nSPS) is 9.00. The van der Waals surface area contributed by atoms with E-state index in [1.54, 1.807) is 0 Å². The highest BCUT2D eigenvalue weighted by Gasteiger charge is 2.11. The standard InChI is InChI=1S/C7H3ClN2O2/c8-6-3-5(4-9)1-2-7(6)10(11)12/h1-3H. The first kappa shape index (κ1) is 8.50. The Bertz CT molecular complexity index is 370. The van der Waals surface area contributed by atoms with Gasteiger partial charge in [-0.25, -0.2) is 0 Å². The lowest BCUT2D eigenvalue weighted by Crippen LogP contribution is -1.88. The first-order chi connectivity index (χ1) is 5.65. The SMILES string of the molecule is N#Cc1ccc([N+](=O)[O-])c(Cl)c1. The Morgan fingerprint density at radius 1 is 1.58 bits per heavy atom. The minimum Gasteiger partial charge on any atom is -0.258 e. The number of hydrogen-bond acceptors (Lipinski definition) is 3. The van der Waals surface area contributed by atoms with Gasteiger partial charge in [0.25, 0.3) is 5.69 Å². The van der Waals surface area contributed by atoms with E-state index in [9.17, 15) is 10.1 Å². The van der Waals surface area contributed by atoms with Crippen LogP contribution in [-0.2, 0) is 0 Å². The average Bonchev–Trinajstić information content (AvgIpc) is 2.03. The van der Waals surface area contributed by atoms with Crippen molar-refractivity contribution in [3.63, 3.8) is 0 Å². The molecule has 12 heavy (non-hydrogen) atoms. The first-order valence-electron chi connectivity index (χ1n) is 2.99. The third-order valence-corrected chi connectivity index (χ3v) is 1.58. The summed E-state index contributed by atoms with van der Waals surface area (Å²) in [5.74, 6) is 0. The smallest absolute Gasteiger partial charge is 0.258 e. The van der Waals surface area contributed by atoms with Gasteiger partial charge >= 0.3 is 0 Å². The monoisotopic (exact) mass is 182 g/mol. The van der Waals surface area contributed by atoms with Crippen molar-refractivity contribution in [3.05, 3.63) is 38.9 Å². The highest BCUT2D eigenvalue weighted by Crippen LogP contribution is 2.24. The summed E-state index contributed by atoms with van der Waals surface area (Å²) < 4.78 is 0. The van der Waals surface area contributed by atoms with Crippen molar-refractivity contribution >= 4 is 17.3 Å². The molecule has 0 N–H and O–H groups in total. The number of halogens is 1. The molecule has 0 atom stereocenters. The molecular formula is C7H3ClN2O2. The molecule has 0 radical (unpaired) electrons. The Balaban J connectivity index is 3.23. The van der Waals surface area contributed by atoms with Gasteiger partial charge in [0.15, 0.2) is 0 Å². The number of hydrogen-bond donors (Lipinski definition) is 0. The summed E-state index contributed by atoms with van der Waals surface area (Å²) in [5, 5.41) is 18.7. The molecule has 1 rings (SSSR count). The molecule has 1 aromatic rings. The molecule has 60 valence electrons. The average molecular weight is 183 g/mol. The van der Waals surface area contributed by atoms with E-state index in [4.69, 9.17) is 16.9 Å². The minimum atomic E-state index is -0.594. The lowest BCUT2D eigenvalue weighted by atomic mass is 10.2. The largest absolute Gasteiger partial charge is 0.287 e. The van der Waals surface area contributed by atoms with E-state index in [1.807, 2.05) is 6.07 Å². The van der Waals surface area contributed by atoms with Crippen molar-refractivity contribution in [3.8, 4) is 6.07 Å². The summed E-state index contributed by atoms with van der Waals surface area (Å²) in [6.07, 6.45) is 0. The van der Waals surface area contributed by atoms with Crippen LogP contribution in [0.4, 0.5) is 5.69 Å². The van der Waals surface area contributed by atoms with Crippen molar-refractivity contribution < 1.29 is 4.92 Å². The fourth-order valence-corrected chi connectivity index (χ4v) is 0.974. The minimum absolute atomic E-state index is 0.0148. The Morgan fingerprint density at radius 3 is 2.67 bits per heavy atom. The van der Waals surface area contributed by atoms with Crippen LogP contribution in [0.25, 0.3) is 0 Å². The van der Waals surface area contributed by atoms with Crippen LogP contribution in [0.3, 0.4) is 0 Å². The summed E-state index contributed by atoms with van der Waals surface area (Å²) in [6.45, 7) is 0. The third kappa shape index (κ3) is 1.52. The van der Waals surface area contributed by atoms with Crippen LogP contribution in [0.5, 0.6) is 0 Å². The number of benzene rings is 1. The second-order valence-corrected chi connectivity index (χ2v) is 2.44. The van der Waals surface area contributed by atoms with E-state index in [-0.39, 0.29) is 10.7 Å². The first-order valence-corrected chi connectivity index (χ1v) is 3.37. The van der Waals surface area contributed by atoms with Crippen molar-refractivity contribution in [1.82, 2.24) is 0 Å². The van der Waals surface area contributed by atoms with Crippen molar-refractivity contribution in [2.45, 2.75) is 0 Å². The van der Waals surface area contributed by atoms with E-state index in [2.05, 4.69) is 0 Å². The van der Waals surface area contributed by atoms with Crippen LogP contribution < -0.4 is 0 Å². The van der Waals surface area contributed by atoms with Gasteiger partial charge in [-0.1, -0.05) is 11.6 Å². The summed E-state index contributed by atoms with van der Waals surface area (Å²) in [6, 6.07) is 5.65. The molecule has 0 aliphatic rings. The van der Waals surface area contributed by atoms with Gasteiger partial charge in [0.05, 0.1) is 16.6 Å². The van der Waals surface area contributed by atoms with Gasteiger partial charge < -0.3 is 0 Å². The van der Waals surface area contributed by atoms with Crippen molar-refractivity contribution in [1.29, 1.82) is 5.26 Å². The number of nitrogens with zero attached hydrogens (tertiary/aromatic N) is 2. The van der Waals surface area contributed by atoms with Crippen molar-refractivity contribution in [2.75, 3.05) is 0 Å². The fraction of sp³-hybridized carbons (Fsp3) is 0. The van der Waals surface area contributed by atoms with Gasteiger partial charge in [-0.3, -0.25) is 10.1 Å². The van der Waals surface area contributed by atoms with Crippen LogP contribution in [0.15, 0.2) is 18.2 Å². The Hall–Kier alpha value is -1.60.